The van der Waals surface area contributed by atoms with Gasteiger partial charge in [0.05, 0.1) is 0 Å². The first kappa shape index (κ1) is 16.8. The molecule has 3 nitrogen and oxygen atoms in total. The first-order chi connectivity index (χ1) is 8.81. The zero-order valence-electron chi connectivity index (χ0n) is 11.8. The molecule has 1 aromatic heterocycles. The third-order valence-corrected chi connectivity index (χ3v) is 4.07. The highest BCUT2D eigenvalue weighted by Gasteiger charge is 2.16. The lowest BCUT2D eigenvalue weighted by Crippen LogP contribution is -2.39. The summed E-state index contributed by atoms with van der Waals surface area (Å²) in [5.41, 5.74) is 1.40. The molecule has 1 atom stereocenters. The van der Waals surface area contributed by atoms with Crippen LogP contribution in [0, 0.1) is 0 Å². The predicted octanol–water partition coefficient (Wildman–Crippen LogP) is 3.53. The van der Waals surface area contributed by atoms with Crippen molar-refractivity contribution in [2.45, 2.75) is 32.6 Å². The van der Waals surface area contributed by atoms with Crippen molar-refractivity contribution < 1.29 is 0 Å². The molecular weight excluding hydrogens is 369 g/mol. The van der Waals surface area contributed by atoms with Crippen LogP contribution in [0.3, 0.4) is 0 Å². The van der Waals surface area contributed by atoms with Crippen LogP contribution in [-0.4, -0.2) is 37.0 Å². The molecule has 1 N–H and O–H groups in total. The lowest BCUT2D eigenvalue weighted by atomic mass is 10.1. The molecule has 2 rings (SSSR count). The molecule has 5 heteroatoms. The van der Waals surface area contributed by atoms with Gasteiger partial charge in [0.2, 0.25) is 0 Å². The number of thiophene rings is 1. The van der Waals surface area contributed by atoms with E-state index in [9.17, 15) is 0 Å². The summed E-state index contributed by atoms with van der Waals surface area (Å²) in [6.07, 6.45) is 2.59. The highest BCUT2D eigenvalue weighted by molar-refractivity contribution is 14.0. The van der Waals surface area contributed by atoms with E-state index in [4.69, 9.17) is 4.99 Å². The number of rotatable bonds is 4. The van der Waals surface area contributed by atoms with Crippen LogP contribution in [0.15, 0.2) is 21.8 Å². The first-order valence-corrected chi connectivity index (χ1v) is 7.81. The minimum absolute atomic E-state index is 0. The van der Waals surface area contributed by atoms with E-state index in [0.717, 1.165) is 32.1 Å². The normalized spacial score (nSPS) is 17.2. The van der Waals surface area contributed by atoms with E-state index in [1.165, 1.54) is 18.4 Å². The van der Waals surface area contributed by atoms with Gasteiger partial charge in [0.1, 0.15) is 0 Å². The van der Waals surface area contributed by atoms with Crippen molar-refractivity contribution >= 4 is 41.3 Å². The van der Waals surface area contributed by atoms with Crippen molar-refractivity contribution in [3.8, 4) is 0 Å². The molecule has 19 heavy (non-hydrogen) atoms. The average molecular weight is 393 g/mol. The van der Waals surface area contributed by atoms with Crippen LogP contribution in [0.25, 0.3) is 0 Å². The predicted molar refractivity (Wildman–Crippen MR) is 94.9 cm³/mol. The molecule has 0 bridgehead atoms. The van der Waals surface area contributed by atoms with Crippen LogP contribution in [0.2, 0.25) is 0 Å². The van der Waals surface area contributed by atoms with Crippen molar-refractivity contribution in [3.05, 3.63) is 22.4 Å². The first-order valence-electron chi connectivity index (χ1n) is 6.86. The van der Waals surface area contributed by atoms with Gasteiger partial charge >= 0.3 is 0 Å². The smallest absolute Gasteiger partial charge is 0.193 e. The fraction of sp³-hybridized carbons (Fsp3) is 0.643. The number of guanidine groups is 1. The molecule has 1 aromatic rings. The summed E-state index contributed by atoms with van der Waals surface area (Å²) in [6.45, 7) is 8.50. The van der Waals surface area contributed by atoms with E-state index in [0.29, 0.717) is 5.92 Å². The minimum Gasteiger partial charge on any atom is -0.357 e. The van der Waals surface area contributed by atoms with Gasteiger partial charge in [0, 0.05) is 32.1 Å². The number of halogens is 1. The monoisotopic (exact) mass is 393 g/mol. The number of nitrogens with zero attached hydrogens (tertiary/aromatic N) is 2. The van der Waals surface area contributed by atoms with Gasteiger partial charge in [-0.05, 0) is 42.2 Å². The van der Waals surface area contributed by atoms with E-state index in [2.05, 4.69) is 40.9 Å². The van der Waals surface area contributed by atoms with Gasteiger partial charge in [0.25, 0.3) is 0 Å². The third-order valence-electron chi connectivity index (χ3n) is 3.37. The van der Waals surface area contributed by atoms with Gasteiger partial charge in [0.15, 0.2) is 5.96 Å². The van der Waals surface area contributed by atoms with Gasteiger partial charge in [-0.1, -0.05) is 6.92 Å². The van der Waals surface area contributed by atoms with Crippen molar-refractivity contribution in [1.29, 1.82) is 0 Å². The topological polar surface area (TPSA) is 27.6 Å². The Labute approximate surface area is 137 Å². The standard InChI is InChI=1S/C14H23N3S.HI/c1-3-15-14(17-7-4-5-8-17)16-10-12(2)13-6-9-18-11-13;/h6,9,11-12H,3-5,7-8,10H2,1-2H3,(H,15,16);1H. The van der Waals surface area contributed by atoms with E-state index in [1.807, 2.05) is 0 Å². The maximum absolute atomic E-state index is 4.79. The Morgan fingerprint density at radius 2 is 2.21 bits per heavy atom. The third kappa shape index (κ3) is 4.95. The van der Waals surface area contributed by atoms with Crippen molar-refractivity contribution in [3.63, 3.8) is 0 Å². The Morgan fingerprint density at radius 1 is 1.47 bits per heavy atom. The van der Waals surface area contributed by atoms with Crippen LogP contribution in [0.5, 0.6) is 0 Å². The summed E-state index contributed by atoms with van der Waals surface area (Å²) in [5.74, 6) is 1.60. The van der Waals surface area contributed by atoms with Crippen LogP contribution in [-0.2, 0) is 0 Å². The second-order valence-electron chi connectivity index (χ2n) is 4.85. The van der Waals surface area contributed by atoms with E-state index in [-0.39, 0.29) is 24.0 Å². The second-order valence-corrected chi connectivity index (χ2v) is 5.63. The molecule has 0 saturated carbocycles. The zero-order valence-corrected chi connectivity index (χ0v) is 14.9. The van der Waals surface area contributed by atoms with Crippen molar-refractivity contribution in [1.82, 2.24) is 10.2 Å². The Hall–Kier alpha value is -0.300. The molecule has 1 aliphatic heterocycles. The molecule has 0 radical (unpaired) electrons. The fourth-order valence-electron chi connectivity index (χ4n) is 2.24. The van der Waals surface area contributed by atoms with Gasteiger partial charge in [-0.3, -0.25) is 4.99 Å². The van der Waals surface area contributed by atoms with Gasteiger partial charge in [-0.2, -0.15) is 11.3 Å². The SMILES string of the molecule is CCNC(=NCC(C)c1ccsc1)N1CCCC1.I. The number of nitrogens with one attached hydrogen (secondary N) is 1. The molecule has 108 valence electrons. The number of hydrogen-bond donors (Lipinski definition) is 1. The number of hydrogen-bond acceptors (Lipinski definition) is 2. The highest BCUT2D eigenvalue weighted by Crippen LogP contribution is 2.18. The number of likely N-dealkylation sites (tertiary alicyclic amines) is 1. The maximum Gasteiger partial charge on any atom is 0.193 e. The molecule has 2 heterocycles. The zero-order chi connectivity index (χ0) is 12.8. The summed E-state index contributed by atoms with van der Waals surface area (Å²) < 4.78 is 0. The van der Waals surface area contributed by atoms with Crippen LogP contribution >= 0.6 is 35.3 Å². The summed E-state index contributed by atoms with van der Waals surface area (Å²) in [7, 11) is 0. The lowest BCUT2D eigenvalue weighted by Gasteiger charge is -2.21. The quantitative estimate of drug-likeness (QED) is 0.482. The van der Waals surface area contributed by atoms with Crippen LogP contribution in [0.4, 0.5) is 0 Å². The molecular formula is C14H24IN3S. The highest BCUT2D eigenvalue weighted by atomic mass is 127. The minimum atomic E-state index is 0. The van der Waals surface area contributed by atoms with Gasteiger partial charge in [-0.25, -0.2) is 0 Å². The van der Waals surface area contributed by atoms with E-state index < -0.39 is 0 Å². The van der Waals surface area contributed by atoms with Gasteiger partial charge < -0.3 is 10.2 Å². The molecule has 0 amide bonds. The molecule has 1 unspecified atom stereocenters. The Bertz CT molecular complexity index is 372. The van der Waals surface area contributed by atoms with Crippen molar-refractivity contribution in [2.24, 2.45) is 4.99 Å². The largest absolute Gasteiger partial charge is 0.357 e. The summed E-state index contributed by atoms with van der Waals surface area (Å²) in [5, 5.41) is 7.77. The summed E-state index contributed by atoms with van der Waals surface area (Å²) >= 11 is 1.76. The molecule has 0 spiro atoms. The van der Waals surface area contributed by atoms with Crippen LogP contribution < -0.4 is 5.32 Å². The number of aliphatic imine (C=N–C) groups is 1. The Kier molecular flexibility index (Phi) is 7.75. The molecule has 0 aliphatic carbocycles. The molecule has 1 aliphatic rings. The summed E-state index contributed by atoms with van der Waals surface area (Å²) in [4.78, 5) is 7.17. The Morgan fingerprint density at radius 3 is 2.79 bits per heavy atom. The van der Waals surface area contributed by atoms with E-state index >= 15 is 0 Å². The van der Waals surface area contributed by atoms with Gasteiger partial charge in [-0.15, -0.1) is 24.0 Å². The average Bonchev–Trinajstić information content (AvgIpc) is 3.04. The lowest BCUT2D eigenvalue weighted by molar-refractivity contribution is 0.492. The Balaban J connectivity index is 0.00000180. The fourth-order valence-corrected chi connectivity index (χ4v) is 3.02. The van der Waals surface area contributed by atoms with E-state index in [1.54, 1.807) is 11.3 Å². The molecule has 1 fully saturated rings. The second kappa shape index (κ2) is 8.79. The van der Waals surface area contributed by atoms with Crippen molar-refractivity contribution in [2.75, 3.05) is 26.2 Å². The maximum atomic E-state index is 4.79. The van der Waals surface area contributed by atoms with Crippen LogP contribution in [0.1, 0.15) is 38.2 Å². The molecule has 1 saturated heterocycles. The molecule has 0 aromatic carbocycles. The summed E-state index contributed by atoms with van der Waals surface area (Å²) in [6, 6.07) is 2.20.